The monoisotopic (exact) mass is 430 g/mol. The Morgan fingerprint density at radius 3 is 2.09 bits per heavy atom. The van der Waals surface area contributed by atoms with Gasteiger partial charge >= 0.3 is 5.97 Å². The lowest BCUT2D eigenvalue weighted by Crippen LogP contribution is -2.42. The highest BCUT2D eigenvalue weighted by atomic mass is 16.6. The highest BCUT2D eigenvalue weighted by Crippen LogP contribution is 2.25. The topological polar surface area (TPSA) is 44.8 Å². The molecule has 0 aliphatic carbocycles. The largest absolute Gasteiger partial charge is 0.490 e. The van der Waals surface area contributed by atoms with Crippen molar-refractivity contribution in [1.82, 2.24) is 0 Å². The minimum atomic E-state index is -1.00. The zero-order valence-electron chi connectivity index (χ0n) is 18.9. The zero-order valence-corrected chi connectivity index (χ0v) is 18.9. The lowest BCUT2D eigenvalue weighted by atomic mass is 10.0. The Bertz CT molecular complexity index is 1010. The Morgan fingerprint density at radius 1 is 0.844 bits per heavy atom. The van der Waals surface area contributed by atoms with Crippen LogP contribution in [0.25, 0.3) is 17.2 Å². The summed E-state index contributed by atoms with van der Waals surface area (Å²) in [6, 6.07) is 26.0. The number of rotatable bonds is 10. The number of hydrogen-bond donors (Lipinski definition) is 0. The smallest absolute Gasteiger partial charge is 0.350 e. The summed E-state index contributed by atoms with van der Waals surface area (Å²) in [5.74, 6) is 0.976. The molecule has 4 nitrogen and oxygen atoms in total. The molecule has 0 aliphatic heterocycles. The van der Waals surface area contributed by atoms with Crippen LogP contribution in [0.15, 0.2) is 84.9 Å². The molecule has 32 heavy (non-hydrogen) atoms. The van der Waals surface area contributed by atoms with Crippen LogP contribution in [0.4, 0.5) is 0 Å². The van der Waals surface area contributed by atoms with Crippen LogP contribution in [0, 0.1) is 0 Å². The van der Waals surface area contributed by atoms with Crippen LogP contribution in [-0.4, -0.2) is 24.8 Å². The van der Waals surface area contributed by atoms with Gasteiger partial charge in [-0.3, -0.25) is 0 Å². The normalized spacial score (nSPS) is 12.8. The number of carbonyl (C=O) groups is 1. The van der Waals surface area contributed by atoms with Crippen LogP contribution in [-0.2, 0) is 9.53 Å². The number of ether oxygens (including phenoxy) is 3. The van der Waals surface area contributed by atoms with Crippen molar-refractivity contribution in [3.63, 3.8) is 0 Å². The van der Waals surface area contributed by atoms with Crippen molar-refractivity contribution in [3.8, 4) is 22.6 Å². The van der Waals surface area contributed by atoms with Gasteiger partial charge in [-0.15, -0.1) is 0 Å². The molecule has 0 aromatic heterocycles. The SMILES string of the molecule is CCOC(=O)C(C)(CC)Oc1ccc(OCC=Cc2ccc(-c3ccccc3)cc2)cc1. The fourth-order valence-corrected chi connectivity index (χ4v) is 3.15. The first-order chi connectivity index (χ1) is 15.5. The fraction of sp³-hybridized carbons (Fsp3) is 0.250. The van der Waals surface area contributed by atoms with Crippen molar-refractivity contribution in [2.75, 3.05) is 13.2 Å². The summed E-state index contributed by atoms with van der Waals surface area (Å²) < 4.78 is 16.8. The Kier molecular flexibility index (Phi) is 8.09. The van der Waals surface area contributed by atoms with E-state index in [9.17, 15) is 4.79 Å². The number of esters is 1. The summed E-state index contributed by atoms with van der Waals surface area (Å²) in [5, 5.41) is 0. The summed E-state index contributed by atoms with van der Waals surface area (Å²) in [4.78, 5) is 12.2. The van der Waals surface area contributed by atoms with E-state index < -0.39 is 5.60 Å². The zero-order chi connectivity index (χ0) is 22.8. The van der Waals surface area contributed by atoms with Gasteiger partial charge in [0.2, 0.25) is 5.60 Å². The fourth-order valence-electron chi connectivity index (χ4n) is 3.15. The first kappa shape index (κ1) is 23.1. The Morgan fingerprint density at radius 2 is 1.47 bits per heavy atom. The van der Waals surface area contributed by atoms with Crippen molar-refractivity contribution in [3.05, 3.63) is 90.5 Å². The van der Waals surface area contributed by atoms with Crippen molar-refractivity contribution in [2.24, 2.45) is 0 Å². The number of carbonyl (C=O) groups excluding carboxylic acids is 1. The maximum absolute atomic E-state index is 12.2. The van der Waals surface area contributed by atoms with Crippen LogP contribution in [0.5, 0.6) is 11.5 Å². The van der Waals surface area contributed by atoms with E-state index in [2.05, 4.69) is 36.4 Å². The molecule has 0 saturated heterocycles. The van der Waals surface area contributed by atoms with Gasteiger partial charge < -0.3 is 14.2 Å². The van der Waals surface area contributed by atoms with E-state index in [1.165, 1.54) is 11.1 Å². The molecule has 0 amide bonds. The van der Waals surface area contributed by atoms with E-state index in [0.29, 0.717) is 25.4 Å². The van der Waals surface area contributed by atoms with E-state index in [-0.39, 0.29) is 5.97 Å². The summed E-state index contributed by atoms with van der Waals surface area (Å²) in [7, 11) is 0. The molecule has 3 aromatic carbocycles. The molecule has 4 heteroatoms. The minimum absolute atomic E-state index is 0.329. The first-order valence-electron chi connectivity index (χ1n) is 10.9. The van der Waals surface area contributed by atoms with Crippen molar-refractivity contribution in [2.45, 2.75) is 32.8 Å². The average Bonchev–Trinajstić information content (AvgIpc) is 2.84. The van der Waals surface area contributed by atoms with Gasteiger partial charge in [0.05, 0.1) is 6.61 Å². The highest BCUT2D eigenvalue weighted by Gasteiger charge is 2.35. The van der Waals surface area contributed by atoms with Gasteiger partial charge in [-0.2, -0.15) is 0 Å². The third kappa shape index (κ3) is 6.24. The van der Waals surface area contributed by atoms with Crippen LogP contribution < -0.4 is 9.47 Å². The molecule has 0 spiro atoms. The molecule has 0 N–H and O–H groups in total. The Balaban J connectivity index is 1.51. The highest BCUT2D eigenvalue weighted by molar-refractivity contribution is 5.79. The van der Waals surface area contributed by atoms with Crippen LogP contribution >= 0.6 is 0 Å². The number of hydrogen-bond acceptors (Lipinski definition) is 4. The minimum Gasteiger partial charge on any atom is -0.490 e. The third-order valence-corrected chi connectivity index (χ3v) is 5.22. The predicted molar refractivity (Wildman–Crippen MR) is 129 cm³/mol. The van der Waals surface area contributed by atoms with Crippen molar-refractivity contribution in [1.29, 1.82) is 0 Å². The van der Waals surface area contributed by atoms with Crippen molar-refractivity contribution >= 4 is 12.0 Å². The Hall–Kier alpha value is -3.53. The lowest BCUT2D eigenvalue weighted by molar-refractivity contribution is -0.160. The molecular weight excluding hydrogens is 400 g/mol. The standard InChI is InChI=1S/C28H30O4/c1-4-28(3,27(29)30-5-2)32-26-19-17-25(18-20-26)31-21-9-10-22-13-15-24(16-14-22)23-11-7-6-8-12-23/h6-20H,4-5,21H2,1-3H3. The molecule has 3 aromatic rings. The molecule has 1 atom stereocenters. The quantitative estimate of drug-likeness (QED) is 0.342. The first-order valence-corrected chi connectivity index (χ1v) is 10.9. The maximum atomic E-state index is 12.2. The predicted octanol–water partition coefficient (Wildman–Crippen LogP) is 6.56. The van der Waals surface area contributed by atoms with E-state index in [1.54, 1.807) is 26.0 Å². The summed E-state index contributed by atoms with van der Waals surface area (Å²) in [6.07, 6.45) is 4.54. The van der Waals surface area contributed by atoms with Gasteiger partial charge in [0.25, 0.3) is 0 Å². The van der Waals surface area contributed by atoms with E-state index >= 15 is 0 Å². The molecule has 0 heterocycles. The molecule has 0 fully saturated rings. The second kappa shape index (κ2) is 11.2. The van der Waals surface area contributed by atoms with Gasteiger partial charge in [-0.25, -0.2) is 4.79 Å². The van der Waals surface area contributed by atoms with Gasteiger partial charge in [-0.1, -0.05) is 67.6 Å². The summed E-state index contributed by atoms with van der Waals surface area (Å²) >= 11 is 0. The van der Waals surface area contributed by atoms with Crippen LogP contribution in [0.2, 0.25) is 0 Å². The Labute approximate surface area is 190 Å². The van der Waals surface area contributed by atoms with Gasteiger partial charge in [0, 0.05) is 0 Å². The molecule has 166 valence electrons. The molecule has 3 rings (SSSR count). The van der Waals surface area contributed by atoms with Crippen molar-refractivity contribution < 1.29 is 19.0 Å². The molecule has 0 saturated carbocycles. The van der Waals surface area contributed by atoms with E-state index in [0.717, 1.165) is 11.3 Å². The summed E-state index contributed by atoms with van der Waals surface area (Å²) in [6.45, 7) is 6.21. The second-order valence-electron chi connectivity index (χ2n) is 7.58. The third-order valence-electron chi connectivity index (χ3n) is 5.22. The molecular formula is C28H30O4. The van der Waals surface area contributed by atoms with Gasteiger partial charge in [0.1, 0.15) is 18.1 Å². The van der Waals surface area contributed by atoms with E-state index in [1.807, 2.05) is 49.4 Å². The number of benzene rings is 3. The van der Waals surface area contributed by atoms with E-state index in [4.69, 9.17) is 14.2 Å². The molecule has 0 bridgehead atoms. The summed E-state index contributed by atoms with van der Waals surface area (Å²) in [5.41, 5.74) is 2.52. The molecule has 0 aliphatic rings. The average molecular weight is 431 g/mol. The maximum Gasteiger partial charge on any atom is 0.350 e. The molecule has 0 radical (unpaired) electrons. The molecule has 1 unspecified atom stereocenters. The second-order valence-corrected chi connectivity index (χ2v) is 7.58. The van der Waals surface area contributed by atoms with Crippen LogP contribution in [0.3, 0.4) is 0 Å². The van der Waals surface area contributed by atoms with Gasteiger partial charge in [0.15, 0.2) is 0 Å². The lowest BCUT2D eigenvalue weighted by Gasteiger charge is -2.27. The van der Waals surface area contributed by atoms with Crippen LogP contribution in [0.1, 0.15) is 32.8 Å². The van der Waals surface area contributed by atoms with Gasteiger partial charge in [-0.05, 0) is 67.3 Å².